The molecule has 1 atom stereocenters. The first-order chi connectivity index (χ1) is 19.1. The van der Waals surface area contributed by atoms with Crippen LogP contribution in [0.3, 0.4) is 0 Å². The predicted molar refractivity (Wildman–Crippen MR) is 162 cm³/mol. The van der Waals surface area contributed by atoms with E-state index in [2.05, 4.69) is 21.2 Å². The quantitative estimate of drug-likeness (QED) is 0.259. The van der Waals surface area contributed by atoms with E-state index < -0.39 is 28.5 Å². The van der Waals surface area contributed by atoms with Gasteiger partial charge in [0.25, 0.3) is 0 Å². The highest BCUT2D eigenvalue weighted by Gasteiger charge is 2.33. The summed E-state index contributed by atoms with van der Waals surface area (Å²) in [5.41, 5.74) is 2.03. The standard InChI is InChI=1S/C30H36BrN3O5S/c1-4-5-19-32-30(36)28(20-23-9-7-6-8-10-23)33(21-24-11-13-25(31)14-12-24)29(35)22-34(40(3,37)38)26-15-17-27(39-2)18-16-26/h6-18,28H,4-5,19-22H2,1-3H3,(H,32,36)/t28-/m0/s1. The molecular weight excluding hydrogens is 594 g/mol. The van der Waals surface area contributed by atoms with Crippen molar-refractivity contribution in [3.8, 4) is 5.75 Å². The maximum Gasteiger partial charge on any atom is 0.244 e. The monoisotopic (exact) mass is 629 g/mol. The van der Waals surface area contributed by atoms with Crippen LogP contribution in [0.15, 0.2) is 83.3 Å². The van der Waals surface area contributed by atoms with E-state index in [9.17, 15) is 18.0 Å². The first kappa shape index (κ1) is 31.2. The summed E-state index contributed by atoms with van der Waals surface area (Å²) in [6.07, 6.45) is 3.06. The van der Waals surface area contributed by atoms with Crippen molar-refractivity contribution in [3.05, 3.63) is 94.5 Å². The van der Waals surface area contributed by atoms with E-state index in [1.807, 2.05) is 61.5 Å². The molecule has 0 radical (unpaired) electrons. The largest absolute Gasteiger partial charge is 0.497 e. The zero-order chi connectivity index (χ0) is 29.1. The Labute approximate surface area is 245 Å². The highest BCUT2D eigenvalue weighted by molar-refractivity contribution is 9.10. The molecule has 214 valence electrons. The van der Waals surface area contributed by atoms with Crippen molar-refractivity contribution in [1.82, 2.24) is 10.2 Å². The predicted octanol–water partition coefficient (Wildman–Crippen LogP) is 4.78. The molecule has 10 heteroatoms. The van der Waals surface area contributed by atoms with Crippen LogP contribution in [0.1, 0.15) is 30.9 Å². The van der Waals surface area contributed by atoms with Gasteiger partial charge < -0.3 is 15.0 Å². The van der Waals surface area contributed by atoms with Gasteiger partial charge in [0.05, 0.1) is 19.1 Å². The summed E-state index contributed by atoms with van der Waals surface area (Å²) in [5.74, 6) is -0.207. The second-order valence-corrected chi connectivity index (χ2v) is 12.3. The number of nitrogens with zero attached hydrogens (tertiary/aromatic N) is 2. The second-order valence-electron chi connectivity index (χ2n) is 9.47. The van der Waals surface area contributed by atoms with Crippen molar-refractivity contribution < 1.29 is 22.7 Å². The summed E-state index contributed by atoms with van der Waals surface area (Å²) in [4.78, 5) is 29.1. The van der Waals surface area contributed by atoms with Crippen molar-refractivity contribution in [1.29, 1.82) is 0 Å². The van der Waals surface area contributed by atoms with Gasteiger partial charge in [-0.25, -0.2) is 8.42 Å². The molecule has 3 aromatic rings. The first-order valence-electron chi connectivity index (χ1n) is 13.1. The molecule has 0 unspecified atom stereocenters. The smallest absolute Gasteiger partial charge is 0.244 e. The Morgan fingerprint density at radius 2 is 1.60 bits per heavy atom. The highest BCUT2D eigenvalue weighted by atomic mass is 79.9. The number of anilines is 1. The minimum absolute atomic E-state index is 0.130. The topological polar surface area (TPSA) is 96.0 Å². The van der Waals surface area contributed by atoms with Gasteiger partial charge in [0, 0.05) is 24.0 Å². The minimum Gasteiger partial charge on any atom is -0.497 e. The molecule has 0 aliphatic rings. The van der Waals surface area contributed by atoms with Crippen LogP contribution in [-0.4, -0.2) is 57.6 Å². The van der Waals surface area contributed by atoms with E-state index in [0.717, 1.165) is 39.0 Å². The summed E-state index contributed by atoms with van der Waals surface area (Å²) in [6, 6.07) is 22.6. The third kappa shape index (κ3) is 9.09. The number of methoxy groups -OCH3 is 1. The van der Waals surface area contributed by atoms with Gasteiger partial charge in [0.1, 0.15) is 18.3 Å². The van der Waals surface area contributed by atoms with Gasteiger partial charge in [-0.15, -0.1) is 0 Å². The Morgan fingerprint density at radius 3 is 2.17 bits per heavy atom. The molecule has 0 fully saturated rings. The van der Waals surface area contributed by atoms with E-state index in [1.165, 1.54) is 12.0 Å². The first-order valence-corrected chi connectivity index (χ1v) is 15.7. The normalized spacial score (nSPS) is 11.9. The summed E-state index contributed by atoms with van der Waals surface area (Å²) < 4.78 is 32.8. The summed E-state index contributed by atoms with van der Waals surface area (Å²) in [7, 11) is -2.31. The van der Waals surface area contributed by atoms with E-state index in [0.29, 0.717) is 18.0 Å². The number of nitrogens with one attached hydrogen (secondary N) is 1. The third-order valence-electron chi connectivity index (χ3n) is 6.41. The number of benzene rings is 3. The van der Waals surface area contributed by atoms with Crippen LogP contribution in [0.5, 0.6) is 5.75 Å². The van der Waals surface area contributed by atoms with Gasteiger partial charge in [0.2, 0.25) is 21.8 Å². The fourth-order valence-corrected chi connectivity index (χ4v) is 5.32. The zero-order valence-corrected chi connectivity index (χ0v) is 25.4. The maximum absolute atomic E-state index is 14.0. The number of unbranched alkanes of at least 4 members (excludes halogenated alkanes) is 1. The summed E-state index contributed by atoms with van der Waals surface area (Å²) >= 11 is 3.44. The number of rotatable bonds is 14. The maximum atomic E-state index is 14.0. The van der Waals surface area contributed by atoms with Crippen LogP contribution in [0.4, 0.5) is 5.69 Å². The summed E-state index contributed by atoms with van der Waals surface area (Å²) in [5, 5.41) is 2.98. The lowest BCUT2D eigenvalue weighted by Gasteiger charge is -2.33. The molecular formula is C30H36BrN3O5S. The molecule has 0 saturated carbocycles. The molecule has 0 spiro atoms. The van der Waals surface area contributed by atoms with E-state index in [-0.39, 0.29) is 18.9 Å². The number of halogens is 1. The number of sulfonamides is 1. The van der Waals surface area contributed by atoms with Crippen molar-refractivity contribution in [3.63, 3.8) is 0 Å². The van der Waals surface area contributed by atoms with Crippen LogP contribution in [0.2, 0.25) is 0 Å². The molecule has 0 heterocycles. The lowest BCUT2D eigenvalue weighted by molar-refractivity contribution is -0.140. The van der Waals surface area contributed by atoms with E-state index >= 15 is 0 Å². The zero-order valence-electron chi connectivity index (χ0n) is 23.0. The molecule has 2 amide bonds. The molecule has 0 aliphatic carbocycles. The van der Waals surface area contributed by atoms with Crippen LogP contribution in [-0.2, 0) is 32.6 Å². The van der Waals surface area contributed by atoms with E-state index in [4.69, 9.17) is 4.74 Å². The van der Waals surface area contributed by atoms with E-state index in [1.54, 1.807) is 24.3 Å². The SMILES string of the molecule is CCCCNC(=O)[C@H](Cc1ccccc1)N(Cc1ccc(Br)cc1)C(=O)CN(c1ccc(OC)cc1)S(C)(=O)=O. The highest BCUT2D eigenvalue weighted by Crippen LogP contribution is 2.23. The molecule has 40 heavy (non-hydrogen) atoms. The summed E-state index contributed by atoms with van der Waals surface area (Å²) in [6.45, 7) is 2.19. The minimum atomic E-state index is -3.83. The Morgan fingerprint density at radius 1 is 0.950 bits per heavy atom. The average Bonchev–Trinajstić information content (AvgIpc) is 2.94. The number of hydrogen-bond donors (Lipinski definition) is 1. The molecule has 3 rings (SSSR count). The van der Waals surface area contributed by atoms with Gasteiger partial charge in [-0.2, -0.15) is 0 Å². The molecule has 0 bridgehead atoms. The molecule has 3 aromatic carbocycles. The molecule has 0 aromatic heterocycles. The number of hydrogen-bond acceptors (Lipinski definition) is 5. The molecule has 0 aliphatic heterocycles. The van der Waals surface area contributed by atoms with Crippen molar-refractivity contribution in [2.24, 2.45) is 0 Å². The van der Waals surface area contributed by atoms with Crippen molar-refractivity contribution >= 4 is 43.5 Å². The number of amides is 2. The Hall–Kier alpha value is -3.37. The lowest BCUT2D eigenvalue weighted by atomic mass is 10.0. The van der Waals surface area contributed by atoms with Gasteiger partial charge in [-0.3, -0.25) is 13.9 Å². The number of ether oxygens (including phenoxy) is 1. The lowest BCUT2D eigenvalue weighted by Crippen LogP contribution is -2.53. The Balaban J connectivity index is 2.01. The average molecular weight is 631 g/mol. The number of carbonyl (C=O) groups excluding carboxylic acids is 2. The van der Waals surface area contributed by atoms with Gasteiger partial charge in [-0.05, 0) is 53.9 Å². The van der Waals surface area contributed by atoms with Crippen LogP contribution >= 0.6 is 15.9 Å². The van der Waals surface area contributed by atoms with Gasteiger partial charge in [0.15, 0.2) is 0 Å². The molecule has 0 saturated heterocycles. The molecule has 1 N–H and O–H groups in total. The fraction of sp³-hybridized carbons (Fsp3) is 0.333. The number of carbonyl (C=O) groups is 2. The fourth-order valence-electron chi connectivity index (χ4n) is 4.21. The van der Waals surface area contributed by atoms with Crippen molar-refractivity contribution in [2.75, 3.05) is 30.8 Å². The van der Waals surface area contributed by atoms with Crippen LogP contribution < -0.4 is 14.4 Å². The second kappa shape index (κ2) is 14.9. The molecule has 8 nitrogen and oxygen atoms in total. The van der Waals surface area contributed by atoms with Crippen molar-refractivity contribution in [2.45, 2.75) is 38.8 Å². The van der Waals surface area contributed by atoms with Crippen LogP contribution in [0, 0.1) is 0 Å². The Bertz CT molecular complexity index is 1350. The Kier molecular flexibility index (Phi) is 11.6. The van der Waals surface area contributed by atoms with Crippen LogP contribution in [0.25, 0.3) is 0 Å². The third-order valence-corrected chi connectivity index (χ3v) is 8.08. The van der Waals surface area contributed by atoms with Gasteiger partial charge >= 0.3 is 0 Å². The van der Waals surface area contributed by atoms with Gasteiger partial charge in [-0.1, -0.05) is 71.7 Å².